The predicted molar refractivity (Wildman–Crippen MR) is 75.0 cm³/mol. The fraction of sp³-hybridized carbons (Fsp3) is 0.417. The minimum atomic E-state index is 0.222. The van der Waals surface area contributed by atoms with Crippen LogP contribution in [0.4, 0.5) is 0 Å². The Hall–Kier alpha value is -0.610. The number of hydrogen-bond acceptors (Lipinski definition) is 2. The van der Waals surface area contributed by atoms with Crippen LogP contribution in [-0.4, -0.2) is 11.6 Å². The van der Waals surface area contributed by atoms with Crippen molar-refractivity contribution in [2.24, 2.45) is 11.7 Å². The van der Waals surface area contributed by atoms with E-state index in [2.05, 4.69) is 22.0 Å². The van der Waals surface area contributed by atoms with Crippen molar-refractivity contribution in [2.45, 2.75) is 20.3 Å². The van der Waals surface area contributed by atoms with Gasteiger partial charge in [0.15, 0.2) is 0 Å². The van der Waals surface area contributed by atoms with Crippen LogP contribution in [0.25, 0.3) is 0 Å². The van der Waals surface area contributed by atoms with Crippen LogP contribution >= 0.6 is 28.1 Å². The summed E-state index contributed by atoms with van der Waals surface area (Å²) in [4.78, 5) is 0.560. The summed E-state index contributed by atoms with van der Waals surface area (Å²) < 4.78 is 6.42. The lowest BCUT2D eigenvalue weighted by Gasteiger charge is -2.11. The summed E-state index contributed by atoms with van der Waals surface area (Å²) in [5.41, 5.74) is 6.80. The first-order valence-corrected chi connectivity index (χ1v) is 6.45. The third-order valence-corrected chi connectivity index (χ3v) is 3.35. The second kappa shape index (κ2) is 6.21. The van der Waals surface area contributed by atoms with Gasteiger partial charge in [-0.3, -0.25) is 0 Å². The summed E-state index contributed by atoms with van der Waals surface area (Å²) in [6.45, 7) is 4.67. The number of rotatable bonds is 5. The average Bonchev–Trinajstić information content (AvgIpc) is 2.22. The van der Waals surface area contributed by atoms with Gasteiger partial charge >= 0.3 is 0 Å². The van der Waals surface area contributed by atoms with E-state index in [1.165, 1.54) is 5.56 Å². The molecule has 2 N–H and O–H groups in total. The molecule has 1 aromatic rings. The summed E-state index contributed by atoms with van der Waals surface area (Å²) in [6.07, 6.45) is 0.861. The Kier molecular flexibility index (Phi) is 5.22. The molecule has 0 saturated carbocycles. The fourth-order valence-corrected chi connectivity index (χ4v) is 2.02. The van der Waals surface area contributed by atoms with Gasteiger partial charge in [-0.15, -0.1) is 0 Å². The van der Waals surface area contributed by atoms with E-state index in [0.29, 0.717) is 11.6 Å². The van der Waals surface area contributed by atoms with Gasteiger partial charge in [0.25, 0.3) is 0 Å². The van der Waals surface area contributed by atoms with Gasteiger partial charge in [0.1, 0.15) is 5.75 Å². The van der Waals surface area contributed by atoms with Crippen molar-refractivity contribution >= 4 is 33.1 Å². The lowest BCUT2D eigenvalue weighted by atomic mass is 10.0. The van der Waals surface area contributed by atoms with Crippen LogP contribution < -0.4 is 10.5 Å². The van der Waals surface area contributed by atoms with Crippen LogP contribution in [-0.2, 0) is 6.42 Å². The molecule has 1 aromatic carbocycles. The smallest absolute Gasteiger partial charge is 0.133 e. The van der Waals surface area contributed by atoms with E-state index in [9.17, 15) is 0 Å². The van der Waals surface area contributed by atoms with Gasteiger partial charge in [-0.2, -0.15) is 0 Å². The van der Waals surface area contributed by atoms with Gasteiger partial charge in [-0.05, 0) is 47.0 Å². The minimum Gasteiger partial charge on any atom is -0.493 e. The van der Waals surface area contributed by atoms with Crippen LogP contribution in [0.5, 0.6) is 5.75 Å². The van der Waals surface area contributed by atoms with Crippen molar-refractivity contribution in [1.82, 2.24) is 0 Å². The first-order chi connectivity index (χ1) is 7.54. The number of halogens is 1. The van der Waals surface area contributed by atoms with E-state index in [0.717, 1.165) is 16.6 Å². The molecule has 0 saturated heterocycles. The molecule has 1 unspecified atom stereocenters. The van der Waals surface area contributed by atoms with Crippen LogP contribution in [0.3, 0.4) is 0 Å². The Labute approximate surface area is 110 Å². The molecule has 0 radical (unpaired) electrons. The fourth-order valence-electron chi connectivity index (χ4n) is 1.40. The summed E-state index contributed by atoms with van der Waals surface area (Å²) in [5, 5.41) is 0. The molecule has 0 heterocycles. The van der Waals surface area contributed by atoms with Crippen molar-refractivity contribution in [3.63, 3.8) is 0 Å². The number of hydrogen-bond donors (Lipinski definition) is 1. The molecule has 2 nitrogen and oxygen atoms in total. The van der Waals surface area contributed by atoms with Crippen LogP contribution in [0, 0.1) is 5.92 Å². The van der Waals surface area contributed by atoms with Crippen molar-refractivity contribution in [3.8, 4) is 5.75 Å². The third-order valence-electron chi connectivity index (χ3n) is 2.32. The zero-order valence-electron chi connectivity index (χ0n) is 9.50. The highest BCUT2D eigenvalue weighted by Gasteiger charge is 2.08. The van der Waals surface area contributed by atoms with Crippen LogP contribution in [0.15, 0.2) is 22.7 Å². The lowest BCUT2D eigenvalue weighted by molar-refractivity contribution is 0.338. The average molecular weight is 302 g/mol. The Bertz CT molecular complexity index is 381. The second-order valence-corrected chi connectivity index (χ2v) is 5.03. The Morgan fingerprint density at radius 3 is 2.75 bits per heavy atom. The molecule has 0 aromatic heterocycles. The van der Waals surface area contributed by atoms with Crippen LogP contribution in [0.1, 0.15) is 19.4 Å². The maximum Gasteiger partial charge on any atom is 0.133 e. The molecule has 0 fully saturated rings. The van der Waals surface area contributed by atoms with Gasteiger partial charge < -0.3 is 10.5 Å². The first kappa shape index (κ1) is 13.5. The SMILES string of the molecule is CCOc1ccc(CC(C)C(N)=S)cc1Br. The molecule has 0 aliphatic heterocycles. The zero-order valence-corrected chi connectivity index (χ0v) is 11.9. The largest absolute Gasteiger partial charge is 0.493 e. The number of ether oxygens (including phenoxy) is 1. The van der Waals surface area contributed by atoms with Gasteiger partial charge in [-0.25, -0.2) is 0 Å². The maximum atomic E-state index is 5.59. The summed E-state index contributed by atoms with van der Waals surface area (Å²) in [5.74, 6) is 1.09. The predicted octanol–water partition coefficient (Wildman–Crippen LogP) is 3.31. The topological polar surface area (TPSA) is 35.2 Å². The highest BCUT2D eigenvalue weighted by atomic mass is 79.9. The molecule has 1 atom stereocenters. The van der Waals surface area contributed by atoms with E-state index in [4.69, 9.17) is 22.7 Å². The van der Waals surface area contributed by atoms with Crippen LogP contribution in [0.2, 0.25) is 0 Å². The summed E-state index contributed by atoms with van der Waals surface area (Å²) >= 11 is 8.44. The van der Waals surface area contributed by atoms with Gasteiger partial charge in [0, 0.05) is 5.92 Å². The number of thiocarbonyl (C=S) groups is 1. The Morgan fingerprint density at radius 2 is 2.25 bits per heavy atom. The second-order valence-electron chi connectivity index (χ2n) is 3.71. The Morgan fingerprint density at radius 1 is 1.56 bits per heavy atom. The molecular formula is C12H16BrNOS. The molecule has 0 spiro atoms. The molecule has 0 amide bonds. The zero-order chi connectivity index (χ0) is 12.1. The monoisotopic (exact) mass is 301 g/mol. The van der Waals surface area contributed by atoms with E-state index < -0.39 is 0 Å². The Balaban J connectivity index is 2.77. The number of benzene rings is 1. The summed E-state index contributed by atoms with van der Waals surface area (Å²) in [6, 6.07) is 6.07. The van der Waals surface area contributed by atoms with E-state index in [-0.39, 0.29) is 5.92 Å². The minimum absolute atomic E-state index is 0.222. The van der Waals surface area contributed by atoms with E-state index in [1.807, 2.05) is 26.0 Å². The van der Waals surface area contributed by atoms with Crippen molar-refractivity contribution < 1.29 is 4.74 Å². The molecule has 0 bridgehead atoms. The van der Waals surface area contributed by atoms with Gasteiger partial charge in [0.05, 0.1) is 16.1 Å². The lowest BCUT2D eigenvalue weighted by Crippen LogP contribution is -2.20. The molecular weight excluding hydrogens is 286 g/mol. The first-order valence-electron chi connectivity index (χ1n) is 5.25. The highest BCUT2D eigenvalue weighted by Crippen LogP contribution is 2.26. The van der Waals surface area contributed by atoms with Crippen molar-refractivity contribution in [1.29, 1.82) is 0 Å². The number of nitrogens with two attached hydrogens (primary N) is 1. The molecule has 1 rings (SSSR count). The van der Waals surface area contributed by atoms with E-state index >= 15 is 0 Å². The quantitative estimate of drug-likeness (QED) is 0.848. The van der Waals surface area contributed by atoms with Gasteiger partial charge in [0.2, 0.25) is 0 Å². The van der Waals surface area contributed by atoms with Gasteiger partial charge in [-0.1, -0.05) is 25.2 Å². The maximum absolute atomic E-state index is 5.59. The standard InChI is InChI=1S/C12H16BrNOS/c1-3-15-11-5-4-9(7-10(11)13)6-8(2)12(14)16/h4-5,7-8H,3,6H2,1-2H3,(H2,14,16). The normalized spacial score (nSPS) is 12.2. The molecule has 0 aliphatic rings. The molecule has 88 valence electrons. The summed E-state index contributed by atoms with van der Waals surface area (Å²) in [7, 11) is 0. The van der Waals surface area contributed by atoms with Crippen molar-refractivity contribution in [2.75, 3.05) is 6.61 Å². The molecule has 16 heavy (non-hydrogen) atoms. The van der Waals surface area contributed by atoms with Crippen molar-refractivity contribution in [3.05, 3.63) is 28.2 Å². The third kappa shape index (κ3) is 3.76. The molecule has 0 aliphatic carbocycles. The molecule has 4 heteroatoms. The highest BCUT2D eigenvalue weighted by molar-refractivity contribution is 9.10. The van der Waals surface area contributed by atoms with E-state index in [1.54, 1.807) is 0 Å².